The number of carbonyl (C=O) groups is 1. The normalized spacial score (nSPS) is 30.8. The number of alkyl halides is 1. The van der Waals surface area contributed by atoms with Gasteiger partial charge in [-0.05, 0) is 18.8 Å². The minimum atomic E-state index is -0.847. The van der Waals surface area contributed by atoms with Gasteiger partial charge in [-0.25, -0.2) is 4.79 Å². The molecule has 0 radical (unpaired) electrons. The summed E-state index contributed by atoms with van der Waals surface area (Å²) in [4.78, 5) is 10.7. The molecule has 0 amide bonds. The van der Waals surface area contributed by atoms with E-state index in [0.29, 0.717) is 10.7 Å². The third kappa shape index (κ3) is 2.97. The molecule has 0 aromatic heterocycles. The van der Waals surface area contributed by atoms with Crippen LogP contribution in [-0.4, -0.2) is 15.9 Å². The summed E-state index contributed by atoms with van der Waals surface area (Å²) in [5, 5.41) is 8.43. The number of hydrogen-bond donors (Lipinski definition) is 1. The number of halogens is 1. The highest BCUT2D eigenvalue weighted by Crippen LogP contribution is 2.30. The SMILES string of the molecule is O=C(O)/C=C/C1CCCCC1Br. The van der Waals surface area contributed by atoms with Crippen molar-refractivity contribution in [3.8, 4) is 0 Å². The van der Waals surface area contributed by atoms with Crippen molar-refractivity contribution in [2.45, 2.75) is 30.5 Å². The van der Waals surface area contributed by atoms with Crippen molar-refractivity contribution in [2.24, 2.45) is 5.92 Å². The van der Waals surface area contributed by atoms with Gasteiger partial charge in [0.2, 0.25) is 0 Å². The molecule has 0 aromatic carbocycles. The summed E-state index contributed by atoms with van der Waals surface area (Å²) in [5.74, 6) is -0.435. The molecule has 0 spiro atoms. The topological polar surface area (TPSA) is 37.3 Å². The van der Waals surface area contributed by atoms with Gasteiger partial charge in [0.15, 0.2) is 0 Å². The highest BCUT2D eigenvalue weighted by atomic mass is 79.9. The Morgan fingerprint density at radius 2 is 2.08 bits per heavy atom. The lowest BCUT2D eigenvalue weighted by Crippen LogP contribution is -2.17. The van der Waals surface area contributed by atoms with Crippen LogP contribution in [0.3, 0.4) is 0 Å². The molecule has 0 heterocycles. The summed E-state index contributed by atoms with van der Waals surface area (Å²) in [6.45, 7) is 0. The van der Waals surface area contributed by atoms with Crippen LogP contribution in [0.5, 0.6) is 0 Å². The van der Waals surface area contributed by atoms with E-state index in [2.05, 4.69) is 15.9 Å². The average Bonchev–Trinajstić information content (AvgIpc) is 2.03. The largest absolute Gasteiger partial charge is 0.478 e. The molecule has 1 fully saturated rings. The van der Waals surface area contributed by atoms with Gasteiger partial charge in [-0.2, -0.15) is 0 Å². The van der Waals surface area contributed by atoms with Crippen LogP contribution in [0.1, 0.15) is 25.7 Å². The predicted octanol–water partition coefficient (Wildman–Crippen LogP) is 2.58. The summed E-state index contributed by atoms with van der Waals surface area (Å²) in [5.41, 5.74) is 0. The van der Waals surface area contributed by atoms with Gasteiger partial charge < -0.3 is 5.11 Å². The summed E-state index contributed by atoms with van der Waals surface area (Å²) in [6.07, 6.45) is 7.81. The maximum Gasteiger partial charge on any atom is 0.327 e. The van der Waals surface area contributed by atoms with Crippen molar-refractivity contribution < 1.29 is 9.90 Å². The fourth-order valence-corrected chi connectivity index (χ4v) is 2.30. The van der Waals surface area contributed by atoms with Gasteiger partial charge in [-0.1, -0.05) is 34.8 Å². The minimum absolute atomic E-state index is 0.412. The summed E-state index contributed by atoms with van der Waals surface area (Å²) >= 11 is 3.56. The Kier molecular flexibility index (Phi) is 3.79. The second-order valence-corrected chi connectivity index (χ2v) is 4.34. The summed E-state index contributed by atoms with van der Waals surface area (Å²) in [6, 6.07) is 0. The first-order valence-corrected chi connectivity index (χ1v) is 5.17. The van der Waals surface area contributed by atoms with Crippen molar-refractivity contribution in [1.82, 2.24) is 0 Å². The Hall–Kier alpha value is -0.310. The van der Waals surface area contributed by atoms with Crippen molar-refractivity contribution in [2.75, 3.05) is 0 Å². The Balaban J connectivity index is 2.43. The predicted molar refractivity (Wildman–Crippen MR) is 51.4 cm³/mol. The molecule has 2 unspecified atom stereocenters. The first kappa shape index (κ1) is 9.78. The second-order valence-electron chi connectivity index (χ2n) is 3.16. The molecule has 3 heteroatoms. The number of carboxylic acid groups (broad SMARTS) is 1. The quantitative estimate of drug-likeness (QED) is 0.587. The van der Waals surface area contributed by atoms with E-state index < -0.39 is 5.97 Å². The summed E-state index contributed by atoms with van der Waals surface area (Å²) in [7, 11) is 0. The van der Waals surface area contributed by atoms with Gasteiger partial charge in [0, 0.05) is 10.9 Å². The van der Waals surface area contributed by atoms with E-state index in [9.17, 15) is 4.79 Å². The van der Waals surface area contributed by atoms with Gasteiger partial charge in [-0.3, -0.25) is 0 Å². The zero-order valence-electron chi connectivity index (χ0n) is 6.87. The number of carboxylic acids is 1. The zero-order valence-corrected chi connectivity index (χ0v) is 8.46. The highest BCUT2D eigenvalue weighted by molar-refractivity contribution is 9.09. The van der Waals surface area contributed by atoms with E-state index >= 15 is 0 Å². The number of allylic oxidation sites excluding steroid dienone is 1. The number of rotatable bonds is 2. The molecule has 0 aliphatic heterocycles. The second kappa shape index (κ2) is 4.65. The summed E-state index contributed by atoms with van der Waals surface area (Å²) < 4.78 is 0. The van der Waals surface area contributed by atoms with Crippen LogP contribution in [0.2, 0.25) is 0 Å². The van der Waals surface area contributed by atoms with E-state index in [1.54, 1.807) is 6.08 Å². The van der Waals surface area contributed by atoms with Crippen LogP contribution in [0, 0.1) is 5.92 Å². The molecule has 0 saturated heterocycles. The van der Waals surface area contributed by atoms with Gasteiger partial charge >= 0.3 is 5.97 Å². The molecular formula is C9H13BrO2. The van der Waals surface area contributed by atoms with Gasteiger partial charge in [0.1, 0.15) is 0 Å². The molecule has 12 heavy (non-hydrogen) atoms. The van der Waals surface area contributed by atoms with Crippen LogP contribution in [0.25, 0.3) is 0 Å². The lowest BCUT2D eigenvalue weighted by Gasteiger charge is -2.24. The highest BCUT2D eigenvalue weighted by Gasteiger charge is 2.19. The van der Waals surface area contributed by atoms with Crippen molar-refractivity contribution in [1.29, 1.82) is 0 Å². The van der Waals surface area contributed by atoms with E-state index in [-0.39, 0.29) is 0 Å². The number of aliphatic carboxylic acids is 1. The maximum atomic E-state index is 10.2. The fraction of sp³-hybridized carbons (Fsp3) is 0.667. The van der Waals surface area contributed by atoms with Gasteiger partial charge in [0.05, 0.1) is 0 Å². The molecular weight excluding hydrogens is 220 g/mol. The van der Waals surface area contributed by atoms with Crippen LogP contribution < -0.4 is 0 Å². The van der Waals surface area contributed by atoms with Gasteiger partial charge in [-0.15, -0.1) is 0 Å². The Morgan fingerprint density at radius 1 is 1.42 bits per heavy atom. The zero-order chi connectivity index (χ0) is 8.97. The van der Waals surface area contributed by atoms with Gasteiger partial charge in [0.25, 0.3) is 0 Å². The Morgan fingerprint density at radius 3 is 2.67 bits per heavy atom. The Labute approximate surface area is 80.8 Å². The smallest absolute Gasteiger partial charge is 0.327 e. The molecule has 1 rings (SSSR count). The Bertz CT molecular complexity index is 189. The third-order valence-electron chi connectivity index (χ3n) is 2.22. The lowest BCUT2D eigenvalue weighted by atomic mass is 9.89. The first-order chi connectivity index (χ1) is 5.70. The molecule has 0 aromatic rings. The molecule has 2 nitrogen and oxygen atoms in total. The van der Waals surface area contributed by atoms with Crippen LogP contribution in [-0.2, 0) is 4.79 Å². The average molecular weight is 233 g/mol. The minimum Gasteiger partial charge on any atom is -0.478 e. The molecule has 1 saturated carbocycles. The van der Waals surface area contributed by atoms with Crippen molar-refractivity contribution in [3.63, 3.8) is 0 Å². The molecule has 2 atom stereocenters. The maximum absolute atomic E-state index is 10.2. The van der Waals surface area contributed by atoms with Crippen LogP contribution in [0.4, 0.5) is 0 Å². The lowest BCUT2D eigenvalue weighted by molar-refractivity contribution is -0.131. The standard InChI is InChI=1S/C9H13BrO2/c10-8-4-2-1-3-7(8)5-6-9(11)12/h5-8H,1-4H2,(H,11,12)/b6-5+. The first-order valence-electron chi connectivity index (χ1n) is 4.25. The molecule has 0 bridgehead atoms. The van der Waals surface area contributed by atoms with Crippen molar-refractivity contribution in [3.05, 3.63) is 12.2 Å². The van der Waals surface area contributed by atoms with E-state index in [0.717, 1.165) is 12.8 Å². The molecule has 1 aliphatic carbocycles. The monoisotopic (exact) mass is 232 g/mol. The fourth-order valence-electron chi connectivity index (χ4n) is 1.54. The van der Waals surface area contributed by atoms with Crippen LogP contribution in [0.15, 0.2) is 12.2 Å². The number of hydrogen-bond acceptors (Lipinski definition) is 1. The van der Waals surface area contributed by atoms with Crippen molar-refractivity contribution >= 4 is 21.9 Å². The third-order valence-corrected chi connectivity index (χ3v) is 3.35. The van der Waals surface area contributed by atoms with Crippen LogP contribution >= 0.6 is 15.9 Å². The molecule has 68 valence electrons. The van der Waals surface area contributed by atoms with E-state index in [1.165, 1.54) is 18.9 Å². The van der Waals surface area contributed by atoms with E-state index in [1.807, 2.05) is 0 Å². The molecule has 1 aliphatic rings. The molecule has 1 N–H and O–H groups in total. The van der Waals surface area contributed by atoms with E-state index in [4.69, 9.17) is 5.11 Å².